The molecule has 1 aliphatic rings. The van der Waals surface area contributed by atoms with Gasteiger partial charge in [0.2, 0.25) is 10.0 Å². The summed E-state index contributed by atoms with van der Waals surface area (Å²) in [5, 5.41) is 14.6. The molecule has 0 heterocycles. The molecule has 1 atom stereocenters. The number of hydrogen-bond acceptors (Lipinski definition) is 6. The molecule has 0 amide bonds. The summed E-state index contributed by atoms with van der Waals surface area (Å²) in [6.45, 7) is 1.85. The lowest BCUT2D eigenvalue weighted by atomic mass is 10.1. The van der Waals surface area contributed by atoms with Gasteiger partial charge in [-0.1, -0.05) is 6.07 Å². The van der Waals surface area contributed by atoms with Crippen molar-refractivity contribution in [2.24, 2.45) is 0 Å². The zero-order chi connectivity index (χ0) is 20.3. The number of ether oxygens (including phenoxy) is 1. The van der Waals surface area contributed by atoms with Gasteiger partial charge in [-0.05, 0) is 61.6 Å². The summed E-state index contributed by atoms with van der Waals surface area (Å²) in [6, 6.07) is 9.27. The Bertz CT molecular complexity index is 991. The van der Waals surface area contributed by atoms with Crippen LogP contribution in [0.4, 0.5) is 17.1 Å². The van der Waals surface area contributed by atoms with E-state index in [1.807, 2.05) is 18.2 Å². The molecule has 8 nitrogen and oxygen atoms in total. The zero-order valence-electron chi connectivity index (χ0n) is 15.8. The Kier molecular flexibility index (Phi) is 5.97. The molecular weight excluding hydrogens is 382 g/mol. The van der Waals surface area contributed by atoms with E-state index >= 15 is 0 Å². The minimum absolute atomic E-state index is 0.165. The summed E-state index contributed by atoms with van der Waals surface area (Å²) < 4.78 is 32.3. The van der Waals surface area contributed by atoms with E-state index < -0.39 is 21.0 Å². The largest absolute Gasteiger partial charge is 0.383 e. The molecule has 0 saturated heterocycles. The predicted molar refractivity (Wildman–Crippen MR) is 107 cm³/mol. The number of benzene rings is 2. The van der Waals surface area contributed by atoms with Crippen molar-refractivity contribution in [2.45, 2.75) is 37.1 Å². The van der Waals surface area contributed by atoms with Crippen LogP contribution in [0.1, 0.15) is 24.5 Å². The molecule has 0 saturated carbocycles. The second kappa shape index (κ2) is 8.26. The second-order valence-electron chi connectivity index (χ2n) is 6.88. The number of sulfonamides is 1. The van der Waals surface area contributed by atoms with Gasteiger partial charge in [0.15, 0.2) is 0 Å². The van der Waals surface area contributed by atoms with E-state index in [9.17, 15) is 18.5 Å². The maximum atomic E-state index is 12.5. The van der Waals surface area contributed by atoms with Gasteiger partial charge in [-0.3, -0.25) is 10.1 Å². The molecule has 150 valence electrons. The average molecular weight is 405 g/mol. The Morgan fingerprint density at radius 3 is 2.64 bits per heavy atom. The van der Waals surface area contributed by atoms with Gasteiger partial charge < -0.3 is 10.1 Å². The molecule has 0 aromatic heterocycles. The van der Waals surface area contributed by atoms with Gasteiger partial charge in [-0.2, -0.15) is 0 Å². The van der Waals surface area contributed by atoms with Crippen LogP contribution in [0.3, 0.4) is 0 Å². The smallest absolute Gasteiger partial charge is 0.294 e. The van der Waals surface area contributed by atoms with E-state index in [1.165, 1.54) is 30.4 Å². The van der Waals surface area contributed by atoms with Gasteiger partial charge in [0, 0.05) is 24.9 Å². The monoisotopic (exact) mass is 405 g/mol. The number of nitrogens with zero attached hydrogens (tertiary/aromatic N) is 1. The van der Waals surface area contributed by atoms with Crippen LogP contribution in [-0.4, -0.2) is 33.1 Å². The van der Waals surface area contributed by atoms with Crippen molar-refractivity contribution in [1.29, 1.82) is 0 Å². The van der Waals surface area contributed by atoms with E-state index in [1.54, 1.807) is 6.92 Å². The van der Waals surface area contributed by atoms with Gasteiger partial charge in [-0.25, -0.2) is 13.1 Å². The molecule has 0 fully saturated rings. The second-order valence-corrected chi connectivity index (χ2v) is 8.59. The van der Waals surface area contributed by atoms with E-state index in [-0.39, 0.29) is 22.9 Å². The van der Waals surface area contributed by atoms with Gasteiger partial charge in [0.1, 0.15) is 5.69 Å². The number of rotatable bonds is 8. The lowest BCUT2D eigenvalue weighted by Gasteiger charge is -2.14. The lowest BCUT2D eigenvalue weighted by molar-refractivity contribution is -0.384. The van der Waals surface area contributed by atoms with Crippen molar-refractivity contribution in [2.75, 3.05) is 19.0 Å². The minimum atomic E-state index is -3.90. The highest BCUT2D eigenvalue weighted by atomic mass is 32.2. The molecule has 0 radical (unpaired) electrons. The zero-order valence-corrected chi connectivity index (χ0v) is 16.6. The number of fused-ring (bicyclic) bond motifs is 1. The minimum Gasteiger partial charge on any atom is -0.383 e. The Morgan fingerprint density at radius 1 is 1.18 bits per heavy atom. The van der Waals surface area contributed by atoms with Gasteiger partial charge in [-0.15, -0.1) is 0 Å². The highest BCUT2D eigenvalue weighted by molar-refractivity contribution is 7.89. The fraction of sp³-hybridized carbons (Fsp3) is 0.368. The van der Waals surface area contributed by atoms with Crippen LogP contribution in [0.25, 0.3) is 0 Å². The van der Waals surface area contributed by atoms with Crippen molar-refractivity contribution in [1.82, 2.24) is 4.72 Å². The van der Waals surface area contributed by atoms with Crippen molar-refractivity contribution < 1.29 is 18.1 Å². The molecule has 2 N–H and O–H groups in total. The summed E-state index contributed by atoms with van der Waals surface area (Å²) in [7, 11) is -2.43. The predicted octanol–water partition coefficient (Wildman–Crippen LogP) is 3.14. The number of nitro groups is 1. The number of nitrogens with one attached hydrogen (secondary N) is 2. The van der Waals surface area contributed by atoms with Gasteiger partial charge in [0.05, 0.1) is 16.4 Å². The lowest BCUT2D eigenvalue weighted by Crippen LogP contribution is -2.35. The standard InChI is InChI=1S/C19H23N3O5S/c1-13(12-27-2)21-28(25,26)17-8-9-18(19(11-17)22(23)24)20-16-7-6-14-4-3-5-15(14)10-16/h6-11,13,20-21H,3-5,12H2,1-2H3. The Balaban J connectivity index is 1.88. The van der Waals surface area contributed by atoms with Crippen LogP contribution in [0, 0.1) is 10.1 Å². The van der Waals surface area contributed by atoms with Crippen LogP contribution in [0.2, 0.25) is 0 Å². The molecule has 2 aromatic carbocycles. The topological polar surface area (TPSA) is 111 Å². The summed E-state index contributed by atoms with van der Waals surface area (Å²) in [5.41, 5.74) is 3.22. The number of methoxy groups -OCH3 is 1. The molecule has 2 aromatic rings. The molecule has 1 unspecified atom stereocenters. The summed E-state index contributed by atoms with van der Waals surface area (Å²) in [4.78, 5) is 10.8. The van der Waals surface area contributed by atoms with Crippen LogP contribution in [0.15, 0.2) is 41.3 Å². The molecule has 0 spiro atoms. The molecule has 9 heteroatoms. The number of anilines is 2. The third kappa shape index (κ3) is 4.49. The number of aryl methyl sites for hydroxylation is 2. The SMILES string of the molecule is COCC(C)NS(=O)(=O)c1ccc(Nc2ccc3c(c2)CCC3)c([N+](=O)[O-])c1. The first-order chi connectivity index (χ1) is 13.3. The van der Waals surface area contributed by atoms with E-state index in [0.717, 1.165) is 31.0 Å². The molecule has 1 aliphatic carbocycles. The molecule has 28 heavy (non-hydrogen) atoms. The molecule has 0 aliphatic heterocycles. The Morgan fingerprint density at radius 2 is 1.93 bits per heavy atom. The summed E-state index contributed by atoms with van der Waals surface area (Å²) >= 11 is 0. The Hall–Kier alpha value is -2.49. The van der Waals surface area contributed by atoms with Crippen LogP contribution in [-0.2, 0) is 27.6 Å². The molecule has 0 bridgehead atoms. The quantitative estimate of drug-likeness (QED) is 0.516. The first kappa shape index (κ1) is 20.2. The maximum Gasteiger partial charge on any atom is 0.294 e. The number of nitro benzene ring substituents is 1. The normalized spacial score (nSPS) is 14.5. The number of hydrogen-bond donors (Lipinski definition) is 2. The van der Waals surface area contributed by atoms with E-state index in [4.69, 9.17) is 4.74 Å². The van der Waals surface area contributed by atoms with E-state index in [2.05, 4.69) is 10.0 Å². The maximum absolute atomic E-state index is 12.5. The first-order valence-electron chi connectivity index (χ1n) is 8.98. The highest BCUT2D eigenvalue weighted by Crippen LogP contribution is 2.32. The summed E-state index contributed by atoms with van der Waals surface area (Å²) in [5.74, 6) is 0. The van der Waals surface area contributed by atoms with Crippen LogP contribution < -0.4 is 10.0 Å². The van der Waals surface area contributed by atoms with Crippen LogP contribution >= 0.6 is 0 Å². The Labute approximate surface area is 164 Å². The third-order valence-corrected chi connectivity index (χ3v) is 6.21. The first-order valence-corrected chi connectivity index (χ1v) is 10.5. The fourth-order valence-electron chi connectivity index (χ4n) is 3.36. The molecular formula is C19H23N3O5S. The third-order valence-electron chi connectivity index (χ3n) is 4.63. The van der Waals surface area contributed by atoms with Crippen molar-refractivity contribution in [3.63, 3.8) is 0 Å². The van der Waals surface area contributed by atoms with E-state index in [0.29, 0.717) is 0 Å². The van der Waals surface area contributed by atoms with Crippen molar-refractivity contribution in [3.8, 4) is 0 Å². The van der Waals surface area contributed by atoms with Gasteiger partial charge in [0.25, 0.3) is 5.69 Å². The fourth-order valence-corrected chi connectivity index (χ4v) is 4.61. The van der Waals surface area contributed by atoms with Crippen molar-refractivity contribution in [3.05, 3.63) is 57.6 Å². The van der Waals surface area contributed by atoms with Gasteiger partial charge >= 0.3 is 0 Å². The molecule has 3 rings (SSSR count). The van der Waals surface area contributed by atoms with Crippen molar-refractivity contribution >= 4 is 27.1 Å². The highest BCUT2D eigenvalue weighted by Gasteiger charge is 2.23. The van der Waals surface area contributed by atoms with Crippen LogP contribution in [0.5, 0.6) is 0 Å². The summed E-state index contributed by atoms with van der Waals surface area (Å²) in [6.07, 6.45) is 3.16. The average Bonchev–Trinajstić information content (AvgIpc) is 3.09.